The Balaban J connectivity index is 1.34. The molecule has 2 bridgehead atoms. The van der Waals surface area contributed by atoms with E-state index in [4.69, 9.17) is 0 Å². The summed E-state index contributed by atoms with van der Waals surface area (Å²) in [5.74, 6) is 1.95. The van der Waals surface area contributed by atoms with Crippen LogP contribution in [-0.2, 0) is 4.79 Å². The Morgan fingerprint density at radius 3 is 2.78 bits per heavy atom. The molecular formula is C18H28N4O. The lowest BCUT2D eigenvalue weighted by Gasteiger charge is -2.26. The molecule has 1 aliphatic heterocycles. The van der Waals surface area contributed by atoms with Gasteiger partial charge in [0, 0.05) is 31.1 Å². The highest BCUT2D eigenvalue weighted by Crippen LogP contribution is 2.37. The number of anilines is 1. The molecule has 3 aliphatic rings. The van der Waals surface area contributed by atoms with E-state index >= 15 is 0 Å². The SMILES string of the molecule is Cc1cnn(C2CCCC2)c1NC(=O)CCN1C[C@@H]2CC[C@H]1C2. The first-order chi connectivity index (χ1) is 11.2. The van der Waals surface area contributed by atoms with E-state index in [9.17, 15) is 4.79 Å². The Kier molecular flexibility index (Phi) is 4.14. The highest BCUT2D eigenvalue weighted by molar-refractivity contribution is 5.90. The third-order valence-corrected chi connectivity index (χ3v) is 6.06. The molecule has 1 saturated heterocycles. The van der Waals surface area contributed by atoms with Crippen LogP contribution in [0, 0.1) is 12.8 Å². The molecule has 2 aliphatic carbocycles. The second-order valence-electron chi connectivity index (χ2n) is 7.69. The van der Waals surface area contributed by atoms with Crippen molar-refractivity contribution in [3.63, 3.8) is 0 Å². The number of nitrogens with one attached hydrogen (secondary N) is 1. The normalized spacial score (nSPS) is 27.9. The van der Waals surface area contributed by atoms with E-state index in [2.05, 4.69) is 20.0 Å². The van der Waals surface area contributed by atoms with E-state index in [0.717, 1.165) is 29.9 Å². The van der Waals surface area contributed by atoms with E-state index in [0.29, 0.717) is 12.5 Å². The van der Waals surface area contributed by atoms with Gasteiger partial charge >= 0.3 is 0 Å². The van der Waals surface area contributed by atoms with Gasteiger partial charge in [-0.2, -0.15) is 5.10 Å². The summed E-state index contributed by atoms with van der Waals surface area (Å²) in [7, 11) is 0. The summed E-state index contributed by atoms with van der Waals surface area (Å²) >= 11 is 0. The maximum atomic E-state index is 12.4. The van der Waals surface area contributed by atoms with Crippen molar-refractivity contribution in [1.29, 1.82) is 0 Å². The van der Waals surface area contributed by atoms with Gasteiger partial charge < -0.3 is 5.32 Å². The van der Waals surface area contributed by atoms with Crippen LogP contribution in [0.1, 0.15) is 63.0 Å². The first-order valence-corrected chi connectivity index (χ1v) is 9.28. The average Bonchev–Trinajstić information content (AvgIpc) is 3.30. The van der Waals surface area contributed by atoms with Crippen molar-refractivity contribution >= 4 is 11.7 Å². The van der Waals surface area contributed by atoms with Crippen molar-refractivity contribution in [2.45, 2.75) is 70.4 Å². The van der Waals surface area contributed by atoms with Gasteiger partial charge in [-0.05, 0) is 44.9 Å². The first kappa shape index (κ1) is 15.2. The van der Waals surface area contributed by atoms with Gasteiger partial charge in [0.1, 0.15) is 5.82 Å². The van der Waals surface area contributed by atoms with Crippen LogP contribution in [0.25, 0.3) is 0 Å². The largest absolute Gasteiger partial charge is 0.311 e. The Hall–Kier alpha value is -1.36. The highest BCUT2D eigenvalue weighted by atomic mass is 16.1. The lowest BCUT2D eigenvalue weighted by molar-refractivity contribution is -0.116. The number of aromatic nitrogens is 2. The number of nitrogens with zero attached hydrogens (tertiary/aromatic N) is 3. The van der Waals surface area contributed by atoms with E-state index < -0.39 is 0 Å². The van der Waals surface area contributed by atoms with Gasteiger partial charge in [0.05, 0.1) is 12.2 Å². The molecule has 5 heteroatoms. The molecule has 2 saturated carbocycles. The van der Waals surface area contributed by atoms with E-state index in [-0.39, 0.29) is 5.91 Å². The number of hydrogen-bond donors (Lipinski definition) is 1. The predicted molar refractivity (Wildman–Crippen MR) is 90.4 cm³/mol. The zero-order chi connectivity index (χ0) is 15.8. The minimum Gasteiger partial charge on any atom is -0.311 e. The van der Waals surface area contributed by atoms with Crippen LogP contribution in [-0.4, -0.2) is 39.7 Å². The molecule has 4 rings (SSSR count). The number of likely N-dealkylation sites (tertiary alicyclic amines) is 1. The van der Waals surface area contributed by atoms with Crippen LogP contribution >= 0.6 is 0 Å². The van der Waals surface area contributed by atoms with Crippen LogP contribution in [0.4, 0.5) is 5.82 Å². The molecule has 23 heavy (non-hydrogen) atoms. The van der Waals surface area contributed by atoms with Crippen molar-refractivity contribution in [2.75, 3.05) is 18.4 Å². The first-order valence-electron chi connectivity index (χ1n) is 9.28. The molecule has 0 aromatic carbocycles. The standard InChI is InChI=1S/C18H28N4O/c1-13-11-19-22(15-4-2-3-5-15)18(13)20-17(23)8-9-21-12-14-6-7-16(21)10-14/h11,14-16H,2-10,12H2,1H3,(H,20,23)/t14-,16+/m1/s1. The number of amides is 1. The van der Waals surface area contributed by atoms with Gasteiger partial charge in [-0.15, -0.1) is 0 Å². The molecule has 0 spiro atoms. The molecule has 1 N–H and O–H groups in total. The van der Waals surface area contributed by atoms with Crippen molar-refractivity contribution in [3.05, 3.63) is 11.8 Å². The third kappa shape index (κ3) is 3.03. The Bertz CT molecular complexity index is 576. The zero-order valence-electron chi connectivity index (χ0n) is 14.1. The van der Waals surface area contributed by atoms with Crippen molar-refractivity contribution < 1.29 is 4.79 Å². The van der Waals surface area contributed by atoms with Gasteiger partial charge in [0.25, 0.3) is 0 Å². The summed E-state index contributed by atoms with van der Waals surface area (Å²) < 4.78 is 2.05. The lowest BCUT2D eigenvalue weighted by atomic mass is 10.1. The summed E-state index contributed by atoms with van der Waals surface area (Å²) in [4.78, 5) is 14.9. The van der Waals surface area contributed by atoms with Crippen LogP contribution in [0.5, 0.6) is 0 Å². The summed E-state index contributed by atoms with van der Waals surface area (Å²) in [6.45, 7) is 4.15. The predicted octanol–water partition coefficient (Wildman–Crippen LogP) is 3.12. The zero-order valence-corrected chi connectivity index (χ0v) is 14.1. The third-order valence-electron chi connectivity index (χ3n) is 6.06. The number of hydrogen-bond acceptors (Lipinski definition) is 3. The average molecular weight is 316 g/mol. The molecule has 3 fully saturated rings. The number of rotatable bonds is 5. The monoisotopic (exact) mass is 316 g/mol. The van der Waals surface area contributed by atoms with E-state index in [1.165, 1.54) is 51.5 Å². The number of aryl methyl sites for hydroxylation is 1. The maximum absolute atomic E-state index is 12.4. The fourth-order valence-electron chi connectivity index (χ4n) is 4.77. The van der Waals surface area contributed by atoms with Crippen molar-refractivity contribution in [1.82, 2.24) is 14.7 Å². The summed E-state index contributed by atoms with van der Waals surface area (Å²) in [6, 6.07) is 1.21. The fraction of sp³-hybridized carbons (Fsp3) is 0.778. The van der Waals surface area contributed by atoms with Crippen LogP contribution in [0.15, 0.2) is 6.20 Å². The molecule has 2 heterocycles. The molecule has 5 nitrogen and oxygen atoms in total. The Morgan fingerprint density at radius 1 is 1.26 bits per heavy atom. The highest BCUT2D eigenvalue weighted by Gasteiger charge is 2.37. The summed E-state index contributed by atoms with van der Waals surface area (Å²) in [6.07, 6.45) is 11.5. The summed E-state index contributed by atoms with van der Waals surface area (Å²) in [5.41, 5.74) is 1.07. The summed E-state index contributed by atoms with van der Waals surface area (Å²) in [5, 5.41) is 7.65. The number of carbonyl (C=O) groups excluding carboxylic acids is 1. The molecule has 1 amide bonds. The second-order valence-corrected chi connectivity index (χ2v) is 7.69. The number of carbonyl (C=O) groups is 1. The van der Waals surface area contributed by atoms with Crippen LogP contribution in [0.3, 0.4) is 0 Å². The van der Waals surface area contributed by atoms with E-state index in [1.807, 2.05) is 13.1 Å². The topological polar surface area (TPSA) is 50.2 Å². The van der Waals surface area contributed by atoms with Gasteiger partial charge in [-0.3, -0.25) is 9.69 Å². The van der Waals surface area contributed by atoms with Crippen LogP contribution < -0.4 is 5.32 Å². The molecule has 1 aromatic rings. The Morgan fingerprint density at radius 2 is 2.09 bits per heavy atom. The minimum absolute atomic E-state index is 0.135. The fourth-order valence-corrected chi connectivity index (χ4v) is 4.77. The Labute approximate surface area is 138 Å². The molecule has 1 aromatic heterocycles. The van der Waals surface area contributed by atoms with Gasteiger partial charge in [0.15, 0.2) is 0 Å². The smallest absolute Gasteiger partial charge is 0.226 e. The van der Waals surface area contributed by atoms with E-state index in [1.54, 1.807) is 0 Å². The quantitative estimate of drug-likeness (QED) is 0.908. The molecular weight excluding hydrogens is 288 g/mol. The van der Waals surface area contributed by atoms with Crippen molar-refractivity contribution in [2.24, 2.45) is 5.92 Å². The van der Waals surface area contributed by atoms with Crippen molar-refractivity contribution in [3.8, 4) is 0 Å². The lowest BCUT2D eigenvalue weighted by Crippen LogP contribution is -2.34. The minimum atomic E-state index is 0.135. The number of fused-ring (bicyclic) bond motifs is 2. The van der Waals surface area contributed by atoms with Gasteiger partial charge in [-0.1, -0.05) is 12.8 Å². The molecule has 0 unspecified atom stereocenters. The molecule has 2 atom stereocenters. The van der Waals surface area contributed by atoms with Gasteiger partial charge in [-0.25, -0.2) is 4.68 Å². The second kappa shape index (κ2) is 6.27. The maximum Gasteiger partial charge on any atom is 0.226 e. The molecule has 126 valence electrons. The van der Waals surface area contributed by atoms with Gasteiger partial charge in [0.2, 0.25) is 5.91 Å². The number of piperidine rings is 1. The molecule has 0 radical (unpaired) electrons. The van der Waals surface area contributed by atoms with Crippen LogP contribution in [0.2, 0.25) is 0 Å².